The Kier molecular flexibility index (Phi) is 4.20. The Balaban J connectivity index is 1.67. The van der Waals surface area contributed by atoms with Gasteiger partial charge >= 0.3 is 0 Å². The summed E-state index contributed by atoms with van der Waals surface area (Å²) in [6.07, 6.45) is 6.07. The SMILES string of the molecule is CC1(C)CC2=c3c(sc4c(NCc5cccnc5)ncnc34)=NC(C)(N)C2CO1. The third kappa shape index (κ3) is 3.21. The van der Waals surface area contributed by atoms with Crippen molar-refractivity contribution >= 4 is 32.9 Å². The van der Waals surface area contributed by atoms with Crippen molar-refractivity contribution in [3.8, 4) is 0 Å². The second-order valence-electron chi connectivity index (χ2n) is 8.56. The Morgan fingerprint density at radius 1 is 1.31 bits per heavy atom. The van der Waals surface area contributed by atoms with Crippen LogP contribution in [0.4, 0.5) is 5.82 Å². The van der Waals surface area contributed by atoms with Gasteiger partial charge < -0.3 is 15.8 Å². The fourth-order valence-corrected chi connectivity index (χ4v) is 5.44. The lowest BCUT2D eigenvalue weighted by atomic mass is 9.78. The monoisotopic (exact) mass is 408 g/mol. The average Bonchev–Trinajstić information content (AvgIpc) is 3.04. The number of rotatable bonds is 3. The number of hydrogen-bond donors (Lipinski definition) is 2. The predicted octanol–water partition coefficient (Wildman–Crippen LogP) is 1.97. The molecule has 7 nitrogen and oxygen atoms in total. The second-order valence-corrected chi connectivity index (χ2v) is 9.56. The number of thiophene rings is 1. The van der Waals surface area contributed by atoms with Crippen molar-refractivity contribution in [2.75, 3.05) is 11.9 Å². The molecule has 0 saturated carbocycles. The van der Waals surface area contributed by atoms with Gasteiger partial charge in [-0.15, -0.1) is 11.3 Å². The number of nitrogens with zero attached hydrogens (tertiary/aromatic N) is 4. The summed E-state index contributed by atoms with van der Waals surface area (Å²) in [6.45, 7) is 7.46. The van der Waals surface area contributed by atoms with E-state index in [0.717, 1.165) is 37.9 Å². The van der Waals surface area contributed by atoms with Crippen molar-refractivity contribution in [1.29, 1.82) is 0 Å². The van der Waals surface area contributed by atoms with E-state index in [1.807, 2.05) is 25.3 Å². The van der Waals surface area contributed by atoms with E-state index in [9.17, 15) is 0 Å². The molecule has 0 spiro atoms. The van der Waals surface area contributed by atoms with E-state index in [-0.39, 0.29) is 11.5 Å². The lowest BCUT2D eigenvalue weighted by Crippen LogP contribution is -2.56. The maximum atomic E-state index is 6.61. The van der Waals surface area contributed by atoms with Crippen molar-refractivity contribution in [1.82, 2.24) is 15.0 Å². The number of aromatic nitrogens is 3. The highest BCUT2D eigenvalue weighted by molar-refractivity contribution is 7.17. The van der Waals surface area contributed by atoms with E-state index in [1.165, 1.54) is 5.57 Å². The fraction of sp³-hybridized carbons (Fsp3) is 0.429. The maximum Gasteiger partial charge on any atom is 0.147 e. The molecule has 1 fully saturated rings. The molecule has 8 heteroatoms. The first-order valence-electron chi connectivity index (χ1n) is 9.76. The van der Waals surface area contributed by atoms with Gasteiger partial charge in [0, 0.05) is 30.1 Å². The van der Waals surface area contributed by atoms with Gasteiger partial charge in [0.1, 0.15) is 22.5 Å². The quantitative estimate of drug-likeness (QED) is 0.688. The fourth-order valence-electron chi connectivity index (χ4n) is 4.20. The Labute approximate surface area is 172 Å². The van der Waals surface area contributed by atoms with Crippen molar-refractivity contribution in [2.24, 2.45) is 16.6 Å². The van der Waals surface area contributed by atoms with Gasteiger partial charge in [0.25, 0.3) is 0 Å². The normalized spacial score (nSPS) is 25.2. The molecule has 2 aliphatic rings. The molecule has 5 rings (SSSR count). The third-order valence-corrected chi connectivity index (χ3v) is 6.76. The number of fused-ring (bicyclic) bond motifs is 4. The Hall–Kier alpha value is -2.42. The lowest BCUT2D eigenvalue weighted by molar-refractivity contribution is -0.0539. The molecule has 2 aliphatic heterocycles. The standard InChI is InChI=1S/C21H24N6OS/c1-20(2)7-13-14(10-28-20)21(3,22)27-19-15(13)16-17(29-19)18(26-11-25-16)24-9-12-5-4-6-23-8-12/h4-6,8,11,14H,7,9-10,22H2,1-3H3,(H,24,25,26). The van der Waals surface area contributed by atoms with Gasteiger partial charge in [0.2, 0.25) is 0 Å². The van der Waals surface area contributed by atoms with Crippen molar-refractivity contribution in [3.05, 3.63) is 46.3 Å². The summed E-state index contributed by atoms with van der Waals surface area (Å²) in [5.74, 6) is 0.873. The topological polar surface area (TPSA) is 98.3 Å². The van der Waals surface area contributed by atoms with Crippen LogP contribution in [0.2, 0.25) is 0 Å². The van der Waals surface area contributed by atoms with Crippen LogP contribution in [0.3, 0.4) is 0 Å². The van der Waals surface area contributed by atoms with E-state index in [1.54, 1.807) is 23.9 Å². The molecule has 2 atom stereocenters. The zero-order valence-electron chi connectivity index (χ0n) is 16.8. The molecule has 29 heavy (non-hydrogen) atoms. The zero-order chi connectivity index (χ0) is 20.2. The van der Waals surface area contributed by atoms with Crippen molar-refractivity contribution in [3.63, 3.8) is 0 Å². The molecule has 1 saturated heterocycles. The van der Waals surface area contributed by atoms with E-state index < -0.39 is 5.66 Å². The van der Waals surface area contributed by atoms with Crippen LogP contribution in [-0.4, -0.2) is 32.8 Å². The smallest absolute Gasteiger partial charge is 0.147 e. The molecule has 0 aliphatic carbocycles. The summed E-state index contributed by atoms with van der Waals surface area (Å²) >= 11 is 1.61. The van der Waals surface area contributed by atoms with E-state index >= 15 is 0 Å². The van der Waals surface area contributed by atoms with Gasteiger partial charge in [-0.05, 0) is 44.4 Å². The Morgan fingerprint density at radius 2 is 2.17 bits per heavy atom. The van der Waals surface area contributed by atoms with Crippen LogP contribution in [0, 0.1) is 5.92 Å². The minimum Gasteiger partial charge on any atom is -0.374 e. The van der Waals surface area contributed by atoms with Crippen LogP contribution in [0.5, 0.6) is 0 Å². The van der Waals surface area contributed by atoms with Crippen LogP contribution in [-0.2, 0) is 11.3 Å². The minimum absolute atomic E-state index is 0.0580. The molecule has 2 unspecified atom stereocenters. The number of nitrogens with two attached hydrogens (primary N) is 1. The van der Waals surface area contributed by atoms with Crippen molar-refractivity contribution < 1.29 is 4.74 Å². The lowest BCUT2D eigenvalue weighted by Gasteiger charge is -2.43. The number of hydrogen-bond acceptors (Lipinski definition) is 8. The summed E-state index contributed by atoms with van der Waals surface area (Å²) in [4.78, 5) is 18.2. The molecule has 0 bridgehead atoms. The largest absolute Gasteiger partial charge is 0.374 e. The highest BCUT2D eigenvalue weighted by atomic mass is 32.1. The summed E-state index contributed by atoms with van der Waals surface area (Å²) in [7, 11) is 0. The third-order valence-electron chi connectivity index (χ3n) is 5.68. The molecular weight excluding hydrogens is 384 g/mol. The van der Waals surface area contributed by atoms with Gasteiger partial charge in [0.05, 0.1) is 22.4 Å². The molecule has 3 aromatic rings. The van der Waals surface area contributed by atoms with Crippen LogP contribution in [0.15, 0.2) is 35.8 Å². The number of pyridine rings is 1. The molecule has 0 radical (unpaired) electrons. The average molecular weight is 409 g/mol. The Bertz CT molecular complexity index is 1200. The molecule has 3 N–H and O–H groups in total. The molecular formula is C21H24N6OS. The highest BCUT2D eigenvalue weighted by Gasteiger charge is 2.43. The van der Waals surface area contributed by atoms with Crippen molar-refractivity contribution in [2.45, 2.75) is 45.0 Å². The number of anilines is 1. The van der Waals surface area contributed by atoms with Gasteiger partial charge in [-0.1, -0.05) is 6.07 Å². The first-order valence-corrected chi connectivity index (χ1v) is 10.6. The second kappa shape index (κ2) is 6.55. The molecule has 0 aromatic carbocycles. The van der Waals surface area contributed by atoms with E-state index in [0.29, 0.717) is 13.2 Å². The van der Waals surface area contributed by atoms with Gasteiger partial charge in [-0.2, -0.15) is 0 Å². The predicted molar refractivity (Wildman–Crippen MR) is 114 cm³/mol. The van der Waals surface area contributed by atoms with Crippen LogP contribution < -0.4 is 20.9 Å². The van der Waals surface area contributed by atoms with Crippen LogP contribution in [0.25, 0.3) is 15.8 Å². The molecule has 5 heterocycles. The summed E-state index contributed by atoms with van der Waals surface area (Å²) in [5, 5.41) is 4.56. The number of ether oxygens (including phenoxy) is 1. The highest BCUT2D eigenvalue weighted by Crippen LogP contribution is 2.39. The van der Waals surface area contributed by atoms with E-state index in [2.05, 4.69) is 34.1 Å². The number of nitrogens with one attached hydrogen (secondary N) is 1. The van der Waals surface area contributed by atoms with Gasteiger partial charge in [-0.25, -0.2) is 9.97 Å². The van der Waals surface area contributed by atoms with Crippen LogP contribution >= 0.6 is 11.3 Å². The Morgan fingerprint density at radius 3 is 2.97 bits per heavy atom. The molecule has 3 aromatic heterocycles. The summed E-state index contributed by atoms with van der Waals surface area (Å²) in [6, 6.07) is 3.97. The maximum absolute atomic E-state index is 6.61. The zero-order valence-corrected chi connectivity index (χ0v) is 17.6. The minimum atomic E-state index is -0.684. The van der Waals surface area contributed by atoms with Gasteiger partial charge in [-0.3, -0.25) is 9.98 Å². The van der Waals surface area contributed by atoms with E-state index in [4.69, 9.17) is 15.5 Å². The first kappa shape index (κ1) is 18.6. The molecule has 0 amide bonds. The first-order chi connectivity index (χ1) is 13.8. The summed E-state index contributed by atoms with van der Waals surface area (Å²) < 4.78 is 8.03. The molecule has 150 valence electrons. The van der Waals surface area contributed by atoms with Crippen LogP contribution in [0.1, 0.15) is 32.8 Å². The van der Waals surface area contributed by atoms with Gasteiger partial charge in [0.15, 0.2) is 0 Å². The summed E-state index contributed by atoms with van der Waals surface area (Å²) in [5.41, 5.74) is 9.06.